The molecule has 1 aliphatic rings. The third-order valence-corrected chi connectivity index (χ3v) is 4.79. The van der Waals surface area contributed by atoms with Crippen LogP contribution >= 0.6 is 0 Å². The van der Waals surface area contributed by atoms with Gasteiger partial charge in [0, 0.05) is 5.92 Å². The van der Waals surface area contributed by atoms with E-state index in [1.165, 1.54) is 17.2 Å². The lowest BCUT2D eigenvalue weighted by Gasteiger charge is -2.30. The van der Waals surface area contributed by atoms with E-state index in [9.17, 15) is 8.42 Å². The highest BCUT2D eigenvalue weighted by Gasteiger charge is 2.26. The van der Waals surface area contributed by atoms with Crippen molar-refractivity contribution in [2.24, 2.45) is 5.14 Å². The topological polar surface area (TPSA) is 69.4 Å². The molecule has 0 fully saturated rings. The molecule has 0 amide bonds. The molecular weight excluding hydrogens is 286 g/mol. The number of aryl methyl sites for hydroxylation is 1. The molecule has 0 aliphatic heterocycles. The molecule has 0 spiro atoms. The van der Waals surface area contributed by atoms with Gasteiger partial charge in [-0.05, 0) is 48.2 Å². The van der Waals surface area contributed by atoms with Crippen LogP contribution in [0, 0.1) is 6.92 Å². The molecule has 0 saturated carbocycles. The SMILES string of the molecule is Cc1cc(S(N)(=O)=O)ccc1OCC1Cc2ccccc21. The minimum Gasteiger partial charge on any atom is -0.493 e. The van der Waals surface area contributed by atoms with Gasteiger partial charge in [0.25, 0.3) is 0 Å². The van der Waals surface area contributed by atoms with Crippen LogP contribution in [-0.4, -0.2) is 15.0 Å². The second kappa shape index (κ2) is 5.16. The minimum atomic E-state index is -3.66. The zero-order valence-electron chi connectivity index (χ0n) is 11.7. The fourth-order valence-corrected chi connectivity index (χ4v) is 3.26. The van der Waals surface area contributed by atoms with Gasteiger partial charge in [0.2, 0.25) is 10.0 Å². The van der Waals surface area contributed by atoms with Crippen molar-refractivity contribution >= 4 is 10.0 Å². The van der Waals surface area contributed by atoms with E-state index >= 15 is 0 Å². The number of nitrogens with two attached hydrogens (primary N) is 1. The predicted molar refractivity (Wildman–Crippen MR) is 80.9 cm³/mol. The van der Waals surface area contributed by atoms with Crippen LogP contribution in [-0.2, 0) is 16.4 Å². The van der Waals surface area contributed by atoms with Crippen LogP contribution in [0.15, 0.2) is 47.4 Å². The molecular formula is C16H17NO3S. The minimum absolute atomic E-state index is 0.112. The Morgan fingerprint density at radius 2 is 2.00 bits per heavy atom. The number of primary sulfonamides is 1. The van der Waals surface area contributed by atoms with Crippen molar-refractivity contribution in [3.05, 3.63) is 59.2 Å². The Balaban J connectivity index is 1.70. The van der Waals surface area contributed by atoms with E-state index in [0.29, 0.717) is 18.3 Å². The highest BCUT2D eigenvalue weighted by Crippen LogP contribution is 2.35. The Hall–Kier alpha value is -1.85. The average molecular weight is 303 g/mol. The summed E-state index contributed by atoms with van der Waals surface area (Å²) in [6.45, 7) is 2.42. The third kappa shape index (κ3) is 2.80. The van der Waals surface area contributed by atoms with Gasteiger partial charge < -0.3 is 4.74 Å². The summed E-state index contributed by atoms with van der Waals surface area (Å²) < 4.78 is 28.4. The van der Waals surface area contributed by atoms with Gasteiger partial charge in [-0.1, -0.05) is 24.3 Å². The largest absolute Gasteiger partial charge is 0.493 e. The first kappa shape index (κ1) is 14.1. The number of rotatable bonds is 4. The van der Waals surface area contributed by atoms with E-state index in [1.54, 1.807) is 12.1 Å². The van der Waals surface area contributed by atoms with Gasteiger partial charge in [0.05, 0.1) is 11.5 Å². The highest BCUT2D eigenvalue weighted by molar-refractivity contribution is 7.89. The number of hydrogen-bond donors (Lipinski definition) is 1. The van der Waals surface area contributed by atoms with Crippen LogP contribution in [0.4, 0.5) is 0 Å². The maximum Gasteiger partial charge on any atom is 0.238 e. The molecule has 5 heteroatoms. The molecule has 2 aromatic rings. The molecule has 0 bridgehead atoms. The van der Waals surface area contributed by atoms with Gasteiger partial charge in [-0.2, -0.15) is 0 Å². The van der Waals surface area contributed by atoms with Gasteiger partial charge in [-0.15, -0.1) is 0 Å². The Labute approximate surface area is 124 Å². The molecule has 0 saturated heterocycles. The summed E-state index contributed by atoms with van der Waals surface area (Å²) in [6, 6.07) is 13.0. The van der Waals surface area contributed by atoms with Crippen LogP contribution in [0.25, 0.3) is 0 Å². The second-order valence-corrected chi connectivity index (χ2v) is 6.94. The fourth-order valence-electron chi connectivity index (χ4n) is 2.66. The molecule has 1 aliphatic carbocycles. The summed E-state index contributed by atoms with van der Waals surface area (Å²) in [5.74, 6) is 1.12. The smallest absolute Gasteiger partial charge is 0.238 e. The quantitative estimate of drug-likeness (QED) is 0.942. The Kier molecular flexibility index (Phi) is 3.47. The second-order valence-electron chi connectivity index (χ2n) is 5.38. The first-order chi connectivity index (χ1) is 9.95. The van der Waals surface area contributed by atoms with Crippen molar-refractivity contribution in [2.75, 3.05) is 6.61 Å². The highest BCUT2D eigenvalue weighted by atomic mass is 32.2. The maximum atomic E-state index is 11.3. The standard InChI is InChI=1S/C16H17NO3S/c1-11-8-14(21(17,18)19)6-7-16(11)20-10-13-9-12-4-2-3-5-15(12)13/h2-8,13H,9-10H2,1H3,(H2,17,18,19). The van der Waals surface area contributed by atoms with Crippen LogP contribution in [0.3, 0.4) is 0 Å². The van der Waals surface area contributed by atoms with E-state index in [-0.39, 0.29) is 4.90 Å². The van der Waals surface area contributed by atoms with Crippen molar-refractivity contribution in [1.82, 2.24) is 0 Å². The lowest BCUT2D eigenvalue weighted by molar-refractivity contribution is 0.273. The summed E-state index contributed by atoms with van der Waals surface area (Å²) in [7, 11) is -3.66. The normalized spacial score (nSPS) is 17.0. The van der Waals surface area contributed by atoms with Crippen LogP contribution in [0.5, 0.6) is 5.75 Å². The molecule has 1 unspecified atom stereocenters. The summed E-state index contributed by atoms with van der Waals surface area (Å²) >= 11 is 0. The molecule has 0 heterocycles. The Morgan fingerprint density at radius 3 is 2.67 bits per heavy atom. The van der Waals surface area contributed by atoms with Gasteiger partial charge >= 0.3 is 0 Å². The lowest BCUT2D eigenvalue weighted by atomic mass is 9.78. The molecule has 0 radical (unpaired) electrons. The summed E-state index contributed by atoms with van der Waals surface area (Å²) in [6.07, 6.45) is 1.03. The number of benzene rings is 2. The predicted octanol–water partition coefficient (Wildman–Crippen LogP) is 2.36. The summed E-state index contributed by atoms with van der Waals surface area (Å²) in [5, 5.41) is 5.11. The van der Waals surface area contributed by atoms with Gasteiger partial charge in [0.1, 0.15) is 5.75 Å². The first-order valence-corrected chi connectivity index (χ1v) is 8.34. The lowest BCUT2D eigenvalue weighted by Crippen LogP contribution is -2.23. The van der Waals surface area contributed by atoms with Gasteiger partial charge in [-0.25, -0.2) is 13.6 Å². The Bertz CT molecular complexity index is 784. The zero-order chi connectivity index (χ0) is 15.0. The number of ether oxygens (including phenoxy) is 1. The van der Waals surface area contributed by atoms with E-state index < -0.39 is 10.0 Å². The van der Waals surface area contributed by atoms with Crippen LogP contribution in [0.1, 0.15) is 22.6 Å². The van der Waals surface area contributed by atoms with Crippen molar-refractivity contribution in [3.8, 4) is 5.75 Å². The Morgan fingerprint density at radius 1 is 1.24 bits per heavy atom. The molecule has 2 aromatic carbocycles. The monoisotopic (exact) mass is 303 g/mol. The molecule has 1 atom stereocenters. The maximum absolute atomic E-state index is 11.3. The molecule has 4 nitrogen and oxygen atoms in total. The average Bonchev–Trinajstić information content (AvgIpc) is 2.40. The molecule has 21 heavy (non-hydrogen) atoms. The molecule has 2 N–H and O–H groups in total. The zero-order valence-corrected chi connectivity index (χ0v) is 12.6. The number of fused-ring (bicyclic) bond motifs is 1. The van der Waals surface area contributed by atoms with E-state index in [0.717, 1.165) is 12.0 Å². The van der Waals surface area contributed by atoms with Crippen molar-refractivity contribution in [2.45, 2.75) is 24.2 Å². The van der Waals surface area contributed by atoms with Crippen molar-refractivity contribution in [3.63, 3.8) is 0 Å². The van der Waals surface area contributed by atoms with Crippen molar-refractivity contribution in [1.29, 1.82) is 0 Å². The molecule has 110 valence electrons. The summed E-state index contributed by atoms with van der Waals surface area (Å²) in [4.78, 5) is 0.112. The van der Waals surface area contributed by atoms with E-state index in [1.807, 2.05) is 19.1 Å². The number of hydrogen-bond acceptors (Lipinski definition) is 3. The van der Waals surface area contributed by atoms with Gasteiger partial charge in [0.15, 0.2) is 0 Å². The van der Waals surface area contributed by atoms with E-state index in [4.69, 9.17) is 9.88 Å². The van der Waals surface area contributed by atoms with E-state index in [2.05, 4.69) is 12.1 Å². The fraction of sp³-hybridized carbons (Fsp3) is 0.250. The van der Waals surface area contributed by atoms with Crippen LogP contribution in [0.2, 0.25) is 0 Å². The van der Waals surface area contributed by atoms with Crippen molar-refractivity contribution < 1.29 is 13.2 Å². The third-order valence-electron chi connectivity index (χ3n) is 3.88. The van der Waals surface area contributed by atoms with Gasteiger partial charge in [-0.3, -0.25) is 0 Å². The number of sulfonamides is 1. The molecule has 3 rings (SSSR count). The van der Waals surface area contributed by atoms with Crippen LogP contribution < -0.4 is 9.88 Å². The first-order valence-electron chi connectivity index (χ1n) is 6.79. The molecule has 0 aromatic heterocycles. The summed E-state index contributed by atoms with van der Waals surface area (Å²) in [5.41, 5.74) is 3.50.